The normalized spacial score (nSPS) is 21.0. The lowest BCUT2D eigenvalue weighted by Crippen LogP contribution is -2.49. The number of amides is 1. The van der Waals surface area contributed by atoms with Crippen LogP contribution in [0.25, 0.3) is 10.8 Å². The van der Waals surface area contributed by atoms with Crippen LogP contribution in [-0.4, -0.2) is 51.1 Å². The molecule has 4 heterocycles. The molecule has 3 aromatic rings. The number of aryl methyl sites for hydroxylation is 1. The number of morpholine rings is 1. The van der Waals surface area contributed by atoms with Crippen LogP contribution in [0.4, 0.5) is 11.5 Å². The van der Waals surface area contributed by atoms with Crippen LogP contribution in [0.15, 0.2) is 30.6 Å². The summed E-state index contributed by atoms with van der Waals surface area (Å²) >= 11 is 6.55. The van der Waals surface area contributed by atoms with E-state index in [0.717, 1.165) is 18.2 Å². The summed E-state index contributed by atoms with van der Waals surface area (Å²) in [5.41, 5.74) is 8.41. The van der Waals surface area contributed by atoms with Crippen molar-refractivity contribution in [1.82, 2.24) is 19.9 Å². The van der Waals surface area contributed by atoms with Gasteiger partial charge in [-0.1, -0.05) is 23.7 Å². The van der Waals surface area contributed by atoms with Crippen molar-refractivity contribution in [1.29, 1.82) is 0 Å². The molecule has 0 radical (unpaired) electrons. The van der Waals surface area contributed by atoms with Gasteiger partial charge in [0.2, 0.25) is 0 Å². The van der Waals surface area contributed by atoms with Gasteiger partial charge in [-0.25, -0.2) is 15.0 Å². The molecule has 32 heavy (non-hydrogen) atoms. The molecule has 2 aromatic heterocycles. The number of nitrogens with two attached hydrogens (primary N) is 1. The van der Waals surface area contributed by atoms with E-state index in [2.05, 4.69) is 15.3 Å². The molecule has 2 bridgehead atoms. The van der Waals surface area contributed by atoms with Gasteiger partial charge in [-0.05, 0) is 44.2 Å². The molecule has 8 nitrogen and oxygen atoms in total. The van der Waals surface area contributed by atoms with Gasteiger partial charge in [0, 0.05) is 5.39 Å². The summed E-state index contributed by atoms with van der Waals surface area (Å²) in [5.74, 6) is 0.447. The predicted molar refractivity (Wildman–Crippen MR) is 124 cm³/mol. The molecule has 0 saturated carbocycles. The third kappa shape index (κ3) is 3.53. The fraction of sp³-hybridized carbons (Fsp3) is 0.391. The van der Waals surface area contributed by atoms with Crippen LogP contribution in [0.3, 0.4) is 0 Å². The molecule has 2 aliphatic rings. The van der Waals surface area contributed by atoms with Gasteiger partial charge in [-0.3, -0.25) is 4.79 Å². The number of carbonyl (C=O) groups excluding carboxylic acids is 1. The molecule has 3 unspecified atom stereocenters. The number of carbonyl (C=O) groups is 1. The van der Waals surface area contributed by atoms with E-state index in [4.69, 9.17) is 27.1 Å². The molecule has 0 spiro atoms. The fourth-order valence-electron chi connectivity index (χ4n) is 4.62. The predicted octanol–water partition coefficient (Wildman–Crippen LogP) is 3.75. The van der Waals surface area contributed by atoms with Crippen molar-refractivity contribution in [2.75, 3.05) is 24.3 Å². The Labute approximate surface area is 191 Å². The van der Waals surface area contributed by atoms with Crippen molar-refractivity contribution in [2.24, 2.45) is 0 Å². The Morgan fingerprint density at radius 1 is 1.28 bits per heavy atom. The Kier molecular flexibility index (Phi) is 5.35. The maximum atomic E-state index is 13.7. The molecule has 2 aliphatic heterocycles. The van der Waals surface area contributed by atoms with Crippen molar-refractivity contribution >= 4 is 39.8 Å². The number of aromatic nitrogens is 3. The molecular formula is C23H25ClN6O2. The van der Waals surface area contributed by atoms with Crippen LogP contribution in [0.1, 0.15) is 47.7 Å². The Morgan fingerprint density at radius 3 is 2.78 bits per heavy atom. The van der Waals surface area contributed by atoms with Crippen LogP contribution in [0, 0.1) is 6.92 Å². The molecule has 3 N–H and O–H groups in total. The van der Waals surface area contributed by atoms with Gasteiger partial charge in [-0.15, -0.1) is 0 Å². The molecule has 1 aromatic carbocycles. The number of benzene rings is 1. The number of nitrogens with zero attached hydrogens (tertiary/aromatic N) is 4. The van der Waals surface area contributed by atoms with Crippen molar-refractivity contribution in [3.63, 3.8) is 0 Å². The minimum absolute atomic E-state index is 0.0867. The Morgan fingerprint density at radius 2 is 2.03 bits per heavy atom. The fourth-order valence-corrected chi connectivity index (χ4v) is 4.90. The lowest BCUT2D eigenvalue weighted by Gasteiger charge is -2.34. The SMILES string of the molecule is Cc1ncnc(NC(C)c2cc3cccc(Cl)c3c(C(=O)N3C4CCC3COC4)n2)c1N. The van der Waals surface area contributed by atoms with E-state index in [1.165, 1.54) is 6.33 Å². The van der Waals surface area contributed by atoms with E-state index in [-0.39, 0.29) is 24.0 Å². The van der Waals surface area contributed by atoms with E-state index < -0.39 is 0 Å². The highest BCUT2D eigenvalue weighted by Crippen LogP contribution is 2.34. The zero-order chi connectivity index (χ0) is 22.4. The number of nitrogens with one attached hydrogen (secondary N) is 1. The van der Waals surface area contributed by atoms with Gasteiger partial charge < -0.3 is 20.7 Å². The zero-order valence-corrected chi connectivity index (χ0v) is 18.8. The molecule has 1 amide bonds. The summed E-state index contributed by atoms with van der Waals surface area (Å²) in [5, 5.41) is 5.37. The van der Waals surface area contributed by atoms with Crippen molar-refractivity contribution in [3.05, 3.63) is 52.7 Å². The number of nitrogen functional groups attached to an aromatic ring is 1. The first-order valence-corrected chi connectivity index (χ1v) is 11.1. The van der Waals surface area contributed by atoms with E-state index in [0.29, 0.717) is 52.2 Å². The van der Waals surface area contributed by atoms with Crippen LogP contribution in [0.5, 0.6) is 0 Å². The van der Waals surface area contributed by atoms with E-state index in [9.17, 15) is 4.79 Å². The maximum absolute atomic E-state index is 13.7. The first-order chi connectivity index (χ1) is 15.4. The lowest BCUT2D eigenvalue weighted by atomic mass is 10.0. The Hall–Kier alpha value is -2.97. The van der Waals surface area contributed by atoms with Crippen LogP contribution in [-0.2, 0) is 4.74 Å². The van der Waals surface area contributed by atoms with Gasteiger partial charge in [0.15, 0.2) is 5.82 Å². The van der Waals surface area contributed by atoms with Gasteiger partial charge in [0.25, 0.3) is 5.91 Å². The molecule has 3 atom stereocenters. The smallest absolute Gasteiger partial charge is 0.273 e. The van der Waals surface area contributed by atoms with Crippen molar-refractivity contribution in [3.8, 4) is 0 Å². The maximum Gasteiger partial charge on any atom is 0.273 e. The number of hydrogen-bond donors (Lipinski definition) is 2. The summed E-state index contributed by atoms with van der Waals surface area (Å²) in [6.45, 7) is 4.93. The Balaban J connectivity index is 1.56. The third-order valence-electron chi connectivity index (χ3n) is 6.38. The second-order valence-corrected chi connectivity index (χ2v) is 8.86. The summed E-state index contributed by atoms with van der Waals surface area (Å²) in [7, 11) is 0. The van der Waals surface area contributed by atoms with Gasteiger partial charge in [-0.2, -0.15) is 0 Å². The highest BCUT2D eigenvalue weighted by molar-refractivity contribution is 6.36. The minimum Gasteiger partial charge on any atom is -0.394 e. The lowest BCUT2D eigenvalue weighted by molar-refractivity contribution is -0.00736. The Bertz CT molecular complexity index is 1190. The monoisotopic (exact) mass is 452 g/mol. The number of rotatable bonds is 4. The molecule has 166 valence electrons. The van der Waals surface area contributed by atoms with E-state index in [1.54, 1.807) is 6.07 Å². The van der Waals surface area contributed by atoms with E-state index >= 15 is 0 Å². The molecule has 0 aliphatic carbocycles. The number of anilines is 2. The van der Waals surface area contributed by atoms with Crippen LogP contribution >= 0.6 is 11.6 Å². The first kappa shape index (κ1) is 20.9. The average molecular weight is 453 g/mol. The number of ether oxygens (including phenoxy) is 1. The first-order valence-electron chi connectivity index (χ1n) is 10.8. The highest BCUT2D eigenvalue weighted by Gasteiger charge is 2.41. The molecular weight excluding hydrogens is 428 g/mol. The summed E-state index contributed by atoms with van der Waals surface area (Å²) in [4.78, 5) is 28.9. The average Bonchev–Trinajstić information content (AvgIpc) is 3.03. The molecule has 5 rings (SSSR count). The quantitative estimate of drug-likeness (QED) is 0.620. The summed E-state index contributed by atoms with van der Waals surface area (Å²) < 4.78 is 5.66. The van der Waals surface area contributed by atoms with E-state index in [1.807, 2.05) is 36.9 Å². The largest absolute Gasteiger partial charge is 0.394 e. The molecule has 2 fully saturated rings. The second kappa shape index (κ2) is 8.18. The number of halogens is 1. The van der Waals surface area contributed by atoms with Gasteiger partial charge >= 0.3 is 0 Å². The van der Waals surface area contributed by atoms with Crippen molar-refractivity contribution < 1.29 is 9.53 Å². The third-order valence-corrected chi connectivity index (χ3v) is 6.70. The van der Waals surface area contributed by atoms with Crippen LogP contribution < -0.4 is 11.1 Å². The summed E-state index contributed by atoms with van der Waals surface area (Å²) in [6.07, 6.45) is 3.37. The van der Waals surface area contributed by atoms with Gasteiger partial charge in [0.05, 0.1) is 53.4 Å². The number of hydrogen-bond acceptors (Lipinski definition) is 7. The van der Waals surface area contributed by atoms with Crippen LogP contribution in [0.2, 0.25) is 5.02 Å². The van der Waals surface area contributed by atoms with Gasteiger partial charge in [0.1, 0.15) is 12.0 Å². The highest BCUT2D eigenvalue weighted by atomic mass is 35.5. The van der Waals surface area contributed by atoms with Crippen molar-refractivity contribution in [2.45, 2.75) is 44.8 Å². The minimum atomic E-state index is -0.247. The number of fused-ring (bicyclic) bond motifs is 3. The second-order valence-electron chi connectivity index (χ2n) is 8.46. The number of pyridine rings is 1. The summed E-state index contributed by atoms with van der Waals surface area (Å²) in [6, 6.07) is 7.50. The topological polar surface area (TPSA) is 106 Å². The standard InChI is InChI=1S/C23H25ClN6O2/c1-12(28-22-20(25)13(2)26-11-27-22)18-8-14-4-3-5-17(24)19(14)21(29-18)23(31)30-15-6-7-16(30)10-32-9-15/h3-5,8,11-12,15-16H,6-7,9-10,25H2,1-2H3,(H,26,27,28). The zero-order valence-electron chi connectivity index (χ0n) is 18.0. The molecule has 2 saturated heterocycles. The molecule has 9 heteroatoms.